The Morgan fingerprint density at radius 3 is 2.92 bits per heavy atom. The Morgan fingerprint density at radius 1 is 1.15 bits per heavy atom. The van der Waals surface area contributed by atoms with E-state index in [1.807, 2.05) is 30.1 Å². The van der Waals surface area contributed by atoms with Gasteiger partial charge in [-0.2, -0.15) is 0 Å². The van der Waals surface area contributed by atoms with Crippen LogP contribution < -0.4 is 14.8 Å². The molecule has 2 aliphatic rings. The molecule has 0 unspecified atom stereocenters. The number of rotatable bonds is 4. The number of hydrogen-bond acceptors (Lipinski definition) is 4. The first-order valence-corrected chi connectivity index (χ1v) is 9.20. The van der Waals surface area contributed by atoms with Crippen LogP contribution in [0.5, 0.6) is 11.5 Å². The second-order valence-corrected chi connectivity index (χ2v) is 6.79. The molecule has 1 amide bonds. The van der Waals surface area contributed by atoms with Crippen LogP contribution in [-0.4, -0.2) is 37.6 Å². The van der Waals surface area contributed by atoms with Gasteiger partial charge in [0.05, 0.1) is 18.3 Å². The van der Waals surface area contributed by atoms with Crippen LogP contribution in [0.15, 0.2) is 42.5 Å². The van der Waals surface area contributed by atoms with E-state index in [2.05, 4.69) is 29.6 Å². The number of carbonyl (C=O) groups excluding carboxylic acids is 1. The third-order valence-corrected chi connectivity index (χ3v) is 5.19. The number of hydrogen-bond donors (Lipinski definition) is 1. The van der Waals surface area contributed by atoms with Crippen molar-refractivity contribution in [2.75, 3.05) is 32.1 Å². The van der Waals surface area contributed by atoms with E-state index >= 15 is 0 Å². The van der Waals surface area contributed by atoms with Crippen molar-refractivity contribution in [3.05, 3.63) is 53.6 Å². The Balaban J connectivity index is 1.45. The predicted octanol–water partition coefficient (Wildman–Crippen LogP) is 3.41. The largest absolute Gasteiger partial charge is 0.486 e. The highest BCUT2D eigenvalue weighted by atomic mass is 16.6. The average Bonchev–Trinajstić information content (AvgIpc) is 2.71. The first-order valence-electron chi connectivity index (χ1n) is 9.20. The van der Waals surface area contributed by atoms with E-state index in [1.165, 1.54) is 11.1 Å². The zero-order chi connectivity index (χ0) is 17.9. The minimum Gasteiger partial charge on any atom is -0.486 e. The van der Waals surface area contributed by atoms with Gasteiger partial charge >= 0.3 is 0 Å². The number of ether oxygens (including phenoxy) is 2. The van der Waals surface area contributed by atoms with Crippen LogP contribution in [0, 0.1) is 0 Å². The van der Waals surface area contributed by atoms with Gasteiger partial charge in [0.25, 0.3) is 0 Å². The van der Waals surface area contributed by atoms with E-state index in [-0.39, 0.29) is 18.5 Å². The van der Waals surface area contributed by atoms with Gasteiger partial charge in [0.2, 0.25) is 5.91 Å². The molecule has 1 N–H and O–H groups in total. The highest BCUT2D eigenvalue weighted by Gasteiger charge is 2.26. The normalized spacial score (nSPS) is 18.0. The van der Waals surface area contributed by atoms with Crippen molar-refractivity contribution in [2.45, 2.75) is 25.3 Å². The van der Waals surface area contributed by atoms with Crippen LogP contribution in [0.3, 0.4) is 0 Å². The summed E-state index contributed by atoms with van der Waals surface area (Å²) in [6.07, 6.45) is 3.22. The Kier molecular flexibility index (Phi) is 4.69. The molecule has 0 saturated carbocycles. The maximum atomic E-state index is 12.8. The lowest BCUT2D eigenvalue weighted by molar-refractivity contribution is -0.130. The van der Waals surface area contributed by atoms with E-state index in [1.54, 1.807) is 0 Å². The highest BCUT2D eigenvalue weighted by Crippen LogP contribution is 2.37. The Labute approximate surface area is 153 Å². The molecule has 4 rings (SSSR count). The van der Waals surface area contributed by atoms with E-state index in [0.29, 0.717) is 19.0 Å². The van der Waals surface area contributed by atoms with Crippen LogP contribution in [0.4, 0.5) is 5.69 Å². The van der Waals surface area contributed by atoms with Gasteiger partial charge in [-0.3, -0.25) is 4.79 Å². The molecule has 0 aromatic heterocycles. The Hall–Kier alpha value is -2.69. The van der Waals surface area contributed by atoms with E-state index in [9.17, 15) is 4.79 Å². The van der Waals surface area contributed by atoms with Crippen molar-refractivity contribution in [1.29, 1.82) is 0 Å². The molecule has 0 saturated heterocycles. The number of para-hydroxylation sites is 1. The third-order valence-electron chi connectivity index (χ3n) is 5.19. The minimum absolute atomic E-state index is 0.0704. The fraction of sp³-hybridized carbons (Fsp3) is 0.381. The van der Waals surface area contributed by atoms with Crippen LogP contribution in [0.25, 0.3) is 0 Å². The van der Waals surface area contributed by atoms with Crippen LogP contribution in [0.1, 0.15) is 30.0 Å². The van der Waals surface area contributed by atoms with Crippen LogP contribution in [0.2, 0.25) is 0 Å². The molecule has 0 spiro atoms. The second kappa shape index (κ2) is 7.28. The summed E-state index contributed by atoms with van der Waals surface area (Å²) in [6, 6.07) is 14.3. The van der Waals surface area contributed by atoms with Crippen molar-refractivity contribution in [2.24, 2.45) is 0 Å². The molecule has 5 heteroatoms. The van der Waals surface area contributed by atoms with E-state index in [0.717, 1.165) is 30.7 Å². The summed E-state index contributed by atoms with van der Waals surface area (Å²) in [5.74, 6) is 1.49. The molecule has 0 radical (unpaired) electrons. The number of nitrogens with one attached hydrogen (secondary N) is 1. The molecule has 1 atom stereocenters. The van der Waals surface area contributed by atoms with Gasteiger partial charge in [0.1, 0.15) is 13.2 Å². The average molecular weight is 352 g/mol. The molecule has 0 fully saturated rings. The van der Waals surface area contributed by atoms with Crippen molar-refractivity contribution >= 4 is 11.6 Å². The molecule has 2 aromatic rings. The number of anilines is 1. The summed E-state index contributed by atoms with van der Waals surface area (Å²) in [6.45, 7) is 1.31. The number of amides is 1. The molecular formula is C21H24N2O3. The summed E-state index contributed by atoms with van der Waals surface area (Å²) in [5, 5.41) is 3.22. The molecule has 1 aliphatic heterocycles. The predicted molar refractivity (Wildman–Crippen MR) is 101 cm³/mol. The van der Waals surface area contributed by atoms with Crippen molar-refractivity contribution in [3.8, 4) is 11.5 Å². The van der Waals surface area contributed by atoms with Crippen molar-refractivity contribution < 1.29 is 14.3 Å². The van der Waals surface area contributed by atoms with Gasteiger partial charge in [-0.05, 0) is 42.5 Å². The highest BCUT2D eigenvalue weighted by molar-refractivity contribution is 5.82. The quantitative estimate of drug-likeness (QED) is 0.916. The SMILES string of the molecule is CN(C(=O)CNc1cccc2c1OCCO2)[C@H]1CCCc2ccccc21. The van der Waals surface area contributed by atoms with Gasteiger partial charge in [-0.25, -0.2) is 0 Å². The van der Waals surface area contributed by atoms with Crippen molar-refractivity contribution in [3.63, 3.8) is 0 Å². The first kappa shape index (κ1) is 16.8. The molecule has 0 bridgehead atoms. The summed E-state index contributed by atoms with van der Waals surface area (Å²) in [5.41, 5.74) is 3.44. The van der Waals surface area contributed by atoms with Crippen LogP contribution in [-0.2, 0) is 11.2 Å². The molecule has 136 valence electrons. The maximum Gasteiger partial charge on any atom is 0.242 e. The second-order valence-electron chi connectivity index (χ2n) is 6.79. The standard InChI is InChI=1S/C21H24N2O3/c1-23(18-10-4-7-15-6-2-3-8-16(15)18)20(24)14-22-17-9-5-11-19-21(17)26-13-12-25-19/h2-3,5-6,8-9,11,18,22H,4,7,10,12-14H2,1H3/t18-/m0/s1. The van der Waals surface area contributed by atoms with Crippen molar-refractivity contribution in [1.82, 2.24) is 4.90 Å². The fourth-order valence-corrected chi connectivity index (χ4v) is 3.81. The zero-order valence-electron chi connectivity index (χ0n) is 15.0. The lowest BCUT2D eigenvalue weighted by Crippen LogP contribution is -2.37. The number of nitrogens with zero attached hydrogens (tertiary/aromatic N) is 1. The molecule has 5 nitrogen and oxygen atoms in total. The van der Waals surface area contributed by atoms with Crippen LogP contribution >= 0.6 is 0 Å². The maximum absolute atomic E-state index is 12.8. The Bertz CT molecular complexity index is 806. The van der Waals surface area contributed by atoms with Gasteiger partial charge in [-0.15, -0.1) is 0 Å². The van der Waals surface area contributed by atoms with E-state index in [4.69, 9.17) is 9.47 Å². The number of carbonyl (C=O) groups is 1. The summed E-state index contributed by atoms with van der Waals surface area (Å²) in [7, 11) is 1.90. The van der Waals surface area contributed by atoms with Gasteiger partial charge in [-0.1, -0.05) is 30.3 Å². The fourth-order valence-electron chi connectivity index (χ4n) is 3.81. The minimum atomic E-state index is 0.0704. The molecule has 1 aliphatic carbocycles. The molecule has 1 heterocycles. The third kappa shape index (κ3) is 3.21. The molecule has 2 aromatic carbocycles. The first-order chi connectivity index (χ1) is 12.7. The lowest BCUT2D eigenvalue weighted by Gasteiger charge is -2.33. The van der Waals surface area contributed by atoms with Gasteiger partial charge < -0.3 is 19.7 Å². The summed E-state index contributed by atoms with van der Waals surface area (Å²) in [4.78, 5) is 14.7. The number of aryl methyl sites for hydroxylation is 1. The number of fused-ring (bicyclic) bond motifs is 2. The number of benzene rings is 2. The zero-order valence-corrected chi connectivity index (χ0v) is 15.0. The van der Waals surface area contributed by atoms with E-state index < -0.39 is 0 Å². The van der Waals surface area contributed by atoms with Gasteiger partial charge in [0.15, 0.2) is 11.5 Å². The van der Waals surface area contributed by atoms with Gasteiger partial charge in [0, 0.05) is 7.05 Å². The number of likely N-dealkylation sites (N-methyl/N-ethyl adjacent to an activating group) is 1. The lowest BCUT2D eigenvalue weighted by atomic mass is 9.87. The summed E-state index contributed by atoms with van der Waals surface area (Å²) < 4.78 is 11.3. The Morgan fingerprint density at radius 2 is 2.00 bits per heavy atom. The summed E-state index contributed by atoms with van der Waals surface area (Å²) >= 11 is 0. The smallest absolute Gasteiger partial charge is 0.242 e. The monoisotopic (exact) mass is 352 g/mol. The molecular weight excluding hydrogens is 328 g/mol. The molecule has 26 heavy (non-hydrogen) atoms. The topological polar surface area (TPSA) is 50.8 Å².